The van der Waals surface area contributed by atoms with Gasteiger partial charge < -0.3 is 10.0 Å². The summed E-state index contributed by atoms with van der Waals surface area (Å²) < 4.78 is 0. The maximum absolute atomic E-state index is 13.4. The van der Waals surface area contributed by atoms with E-state index in [0.29, 0.717) is 11.5 Å². The van der Waals surface area contributed by atoms with Gasteiger partial charge in [0.1, 0.15) is 5.76 Å². The number of amides is 1. The average Bonchev–Trinajstić information content (AvgIpc) is 3.40. The second kappa shape index (κ2) is 9.05. The third kappa shape index (κ3) is 4.31. The van der Waals surface area contributed by atoms with Gasteiger partial charge in [-0.3, -0.25) is 9.59 Å². The van der Waals surface area contributed by atoms with Crippen LogP contribution in [0.15, 0.2) is 48.0 Å². The van der Waals surface area contributed by atoms with E-state index >= 15 is 0 Å². The molecule has 34 heavy (non-hydrogen) atoms. The lowest BCUT2D eigenvalue weighted by Gasteiger charge is -2.31. The molecule has 0 spiro atoms. The summed E-state index contributed by atoms with van der Waals surface area (Å²) in [6.07, 6.45) is 3.90. The molecule has 2 fully saturated rings. The number of ketones is 1. The Kier molecular flexibility index (Phi) is 6.46. The first-order valence-electron chi connectivity index (χ1n) is 12.5. The van der Waals surface area contributed by atoms with Crippen molar-refractivity contribution in [1.82, 2.24) is 4.90 Å². The van der Waals surface area contributed by atoms with E-state index in [9.17, 15) is 14.7 Å². The second-order valence-electron chi connectivity index (χ2n) is 11.2. The van der Waals surface area contributed by atoms with Gasteiger partial charge in [0.05, 0.1) is 11.6 Å². The van der Waals surface area contributed by atoms with Crippen LogP contribution in [0.3, 0.4) is 0 Å². The number of likely N-dealkylation sites (tertiary alicyclic amines) is 1. The van der Waals surface area contributed by atoms with Gasteiger partial charge in [0, 0.05) is 11.6 Å². The van der Waals surface area contributed by atoms with Crippen LogP contribution in [0.5, 0.6) is 0 Å². The van der Waals surface area contributed by atoms with E-state index in [-0.39, 0.29) is 22.8 Å². The monoisotopic (exact) mass is 459 g/mol. The molecule has 1 heterocycles. The highest BCUT2D eigenvalue weighted by atomic mass is 16.3. The number of hydrogen-bond acceptors (Lipinski definition) is 3. The van der Waals surface area contributed by atoms with E-state index < -0.39 is 17.7 Å². The smallest absolute Gasteiger partial charge is 0.295 e. The molecular weight excluding hydrogens is 422 g/mol. The van der Waals surface area contributed by atoms with E-state index in [1.807, 2.05) is 31.2 Å². The van der Waals surface area contributed by atoms with Crippen molar-refractivity contribution in [2.24, 2.45) is 0 Å². The fourth-order valence-corrected chi connectivity index (χ4v) is 5.29. The Hall–Kier alpha value is -2.88. The molecule has 1 aliphatic heterocycles. The summed E-state index contributed by atoms with van der Waals surface area (Å²) in [5, 5.41) is 11.6. The quantitative estimate of drug-likeness (QED) is 0.311. The van der Waals surface area contributed by atoms with Crippen LogP contribution in [0.25, 0.3) is 5.76 Å². The first kappa shape index (κ1) is 24.3. The minimum atomic E-state index is -0.581. The summed E-state index contributed by atoms with van der Waals surface area (Å²) in [5.41, 5.74) is 4.76. The lowest BCUT2D eigenvalue weighted by Crippen LogP contribution is -2.37. The number of aliphatic hydroxyl groups is 1. The van der Waals surface area contributed by atoms with Crippen LogP contribution in [0.1, 0.15) is 100 Å². The molecule has 1 amide bonds. The number of carbonyl (C=O) groups excluding carboxylic acids is 2. The zero-order chi connectivity index (χ0) is 24.8. The highest BCUT2D eigenvalue weighted by Crippen LogP contribution is 2.44. The summed E-state index contributed by atoms with van der Waals surface area (Å²) >= 11 is 0. The summed E-state index contributed by atoms with van der Waals surface area (Å²) in [7, 11) is 0. The molecule has 1 aliphatic carbocycles. The first-order chi connectivity index (χ1) is 16.0. The van der Waals surface area contributed by atoms with E-state index in [1.165, 1.54) is 5.56 Å². The highest BCUT2D eigenvalue weighted by Gasteiger charge is 2.49. The van der Waals surface area contributed by atoms with Crippen LogP contribution < -0.4 is 0 Å². The van der Waals surface area contributed by atoms with Crippen molar-refractivity contribution in [1.29, 1.82) is 0 Å². The molecule has 2 aromatic carbocycles. The van der Waals surface area contributed by atoms with Crippen LogP contribution in [-0.4, -0.2) is 27.7 Å². The number of Topliss-reactive ketones (excluding diaryl/α,β-unsaturated/α-hetero) is 1. The zero-order valence-electron chi connectivity index (χ0n) is 21.3. The highest BCUT2D eigenvalue weighted by molar-refractivity contribution is 6.46. The van der Waals surface area contributed by atoms with Gasteiger partial charge in [-0.1, -0.05) is 83.9 Å². The van der Waals surface area contributed by atoms with Crippen LogP contribution in [0, 0.1) is 6.92 Å². The molecule has 1 saturated heterocycles. The molecule has 4 nitrogen and oxygen atoms in total. The van der Waals surface area contributed by atoms with Crippen molar-refractivity contribution in [3.8, 4) is 0 Å². The Morgan fingerprint density at radius 3 is 2.18 bits per heavy atom. The molecule has 4 heteroatoms. The lowest BCUT2D eigenvalue weighted by atomic mass is 9.84. The maximum Gasteiger partial charge on any atom is 0.295 e. The first-order valence-corrected chi connectivity index (χ1v) is 12.5. The largest absolute Gasteiger partial charge is 0.507 e. The van der Waals surface area contributed by atoms with Gasteiger partial charge in [-0.05, 0) is 59.4 Å². The van der Waals surface area contributed by atoms with Crippen LogP contribution in [0.2, 0.25) is 0 Å². The van der Waals surface area contributed by atoms with Crippen LogP contribution in [0.4, 0.5) is 0 Å². The number of nitrogens with zero attached hydrogens (tertiary/aromatic N) is 1. The minimum absolute atomic E-state index is 0.0264. The van der Waals surface area contributed by atoms with Crippen molar-refractivity contribution in [3.05, 3.63) is 75.9 Å². The van der Waals surface area contributed by atoms with Crippen molar-refractivity contribution < 1.29 is 14.7 Å². The molecule has 0 radical (unpaired) electrons. The van der Waals surface area contributed by atoms with Gasteiger partial charge in [-0.25, -0.2) is 0 Å². The average molecular weight is 460 g/mol. The fourth-order valence-electron chi connectivity index (χ4n) is 5.29. The number of benzene rings is 2. The van der Waals surface area contributed by atoms with Gasteiger partial charge in [0.2, 0.25) is 0 Å². The summed E-state index contributed by atoms with van der Waals surface area (Å²) in [6, 6.07) is 13.6. The Bertz CT molecular complexity index is 1130. The Labute approximate surface area is 203 Å². The lowest BCUT2D eigenvalue weighted by molar-refractivity contribution is -0.141. The van der Waals surface area contributed by atoms with Crippen molar-refractivity contribution in [2.75, 3.05) is 0 Å². The van der Waals surface area contributed by atoms with E-state index in [2.05, 4.69) is 52.8 Å². The summed E-state index contributed by atoms with van der Waals surface area (Å²) in [6.45, 7) is 12.6. The predicted octanol–water partition coefficient (Wildman–Crippen LogP) is 6.78. The van der Waals surface area contributed by atoms with E-state index in [0.717, 1.165) is 42.4 Å². The SMILES string of the molecule is Cc1ccc(C(C)(C)C)cc1/C(O)=C1\C(=O)C(=O)N(C2CCCC2)C1c1ccc(C(C)C)cc1. The molecule has 1 unspecified atom stereocenters. The standard InChI is InChI=1S/C30H37NO3/c1-18(2)20-12-14-21(15-13-20)26-25(28(33)29(34)31(26)23-9-7-8-10-23)27(32)24-17-22(30(4,5)6)16-11-19(24)3/h11-18,23,26,32H,7-10H2,1-6H3/b27-25+. The van der Waals surface area contributed by atoms with E-state index in [4.69, 9.17) is 0 Å². The number of hydrogen-bond donors (Lipinski definition) is 1. The molecule has 1 N–H and O–H groups in total. The van der Waals surface area contributed by atoms with Gasteiger partial charge in [0.15, 0.2) is 0 Å². The predicted molar refractivity (Wildman–Crippen MR) is 137 cm³/mol. The molecule has 1 atom stereocenters. The number of aryl methyl sites for hydroxylation is 1. The van der Waals surface area contributed by atoms with E-state index in [1.54, 1.807) is 4.90 Å². The maximum atomic E-state index is 13.4. The zero-order valence-corrected chi connectivity index (χ0v) is 21.3. The number of rotatable bonds is 4. The van der Waals surface area contributed by atoms with Gasteiger partial charge in [-0.2, -0.15) is 0 Å². The Morgan fingerprint density at radius 2 is 1.62 bits per heavy atom. The minimum Gasteiger partial charge on any atom is -0.507 e. The number of aliphatic hydroxyl groups excluding tert-OH is 1. The Balaban J connectivity index is 1.91. The topological polar surface area (TPSA) is 57.6 Å². The van der Waals surface area contributed by atoms with Gasteiger partial charge in [0.25, 0.3) is 11.7 Å². The molecule has 0 bridgehead atoms. The van der Waals surface area contributed by atoms with Crippen molar-refractivity contribution in [3.63, 3.8) is 0 Å². The molecule has 180 valence electrons. The fraction of sp³-hybridized carbons (Fsp3) is 0.467. The van der Waals surface area contributed by atoms with Crippen molar-refractivity contribution in [2.45, 2.75) is 90.6 Å². The normalized spacial score (nSPS) is 21.1. The molecule has 1 saturated carbocycles. The van der Waals surface area contributed by atoms with Gasteiger partial charge in [-0.15, -0.1) is 0 Å². The number of carbonyl (C=O) groups is 2. The second-order valence-corrected chi connectivity index (χ2v) is 11.2. The third-order valence-electron chi connectivity index (χ3n) is 7.48. The van der Waals surface area contributed by atoms with Gasteiger partial charge >= 0.3 is 0 Å². The van der Waals surface area contributed by atoms with Crippen LogP contribution >= 0.6 is 0 Å². The molecule has 2 aliphatic rings. The van der Waals surface area contributed by atoms with Crippen molar-refractivity contribution >= 4 is 17.4 Å². The Morgan fingerprint density at radius 1 is 1.00 bits per heavy atom. The molecule has 0 aromatic heterocycles. The summed E-state index contributed by atoms with van der Waals surface area (Å²) in [5.74, 6) is -0.752. The third-order valence-corrected chi connectivity index (χ3v) is 7.48. The summed E-state index contributed by atoms with van der Waals surface area (Å²) in [4.78, 5) is 28.5. The molecule has 2 aromatic rings. The van der Waals surface area contributed by atoms with Crippen LogP contribution in [-0.2, 0) is 15.0 Å². The molecule has 4 rings (SSSR count). The molecular formula is C30H37NO3.